The fourth-order valence-corrected chi connectivity index (χ4v) is 7.33. The van der Waals surface area contributed by atoms with Crippen LogP contribution in [0.4, 0.5) is 10.7 Å². The van der Waals surface area contributed by atoms with Gasteiger partial charge in [0.1, 0.15) is 5.00 Å². The average molecular weight is 576 g/mol. The Morgan fingerprint density at radius 1 is 0.700 bits per heavy atom. The Morgan fingerprint density at radius 2 is 1.40 bits per heavy atom. The average Bonchev–Trinajstić information content (AvgIpc) is 3.79. The van der Waals surface area contributed by atoms with Crippen LogP contribution >= 0.6 is 34.0 Å². The summed E-state index contributed by atoms with van der Waals surface area (Å²) in [6.07, 6.45) is 6.02. The molecule has 1 aliphatic rings. The van der Waals surface area contributed by atoms with Gasteiger partial charge in [-0.3, -0.25) is 9.59 Å². The Morgan fingerprint density at radius 3 is 2.05 bits per heavy atom. The quantitative estimate of drug-likeness (QED) is 0.110. The Bertz CT molecular complexity index is 1750. The molecule has 40 heavy (non-hydrogen) atoms. The molecule has 0 bridgehead atoms. The number of thiophene rings is 3. The second-order valence-electron chi connectivity index (χ2n) is 9.44. The van der Waals surface area contributed by atoms with Crippen LogP contribution in [0.15, 0.2) is 119 Å². The third-order valence-corrected chi connectivity index (χ3v) is 9.92. The number of benzene rings is 2. The molecule has 196 valence electrons. The number of anilines is 2. The molecule has 0 N–H and O–H groups in total. The lowest BCUT2D eigenvalue weighted by atomic mass is 10.1. The number of Topliss-reactive ketones (excluding diaryl/α,β-unsaturated/α-hetero) is 2. The fourth-order valence-electron chi connectivity index (χ4n) is 4.70. The largest absolute Gasteiger partial charge is 0.306 e. The number of hydrogen-bond acceptors (Lipinski definition) is 6. The van der Waals surface area contributed by atoms with Crippen LogP contribution in [-0.2, 0) is 0 Å². The zero-order chi connectivity index (χ0) is 27.6. The van der Waals surface area contributed by atoms with Crippen molar-refractivity contribution in [3.8, 4) is 9.75 Å². The van der Waals surface area contributed by atoms with Crippen molar-refractivity contribution in [3.05, 3.63) is 141 Å². The SMILES string of the molecule is C/C(=C\C=C(/C)N(c1ccc(C=C2C(=O)c3ccccc3C2=O)cc1)c1ccc(-c2cccs2)s1)c1cccs1. The predicted octanol–water partition coefficient (Wildman–Crippen LogP) is 10.1. The van der Waals surface area contributed by atoms with Crippen LogP contribution in [0.1, 0.15) is 45.0 Å². The second kappa shape index (κ2) is 11.2. The number of rotatable bonds is 7. The van der Waals surface area contributed by atoms with Gasteiger partial charge in [-0.1, -0.05) is 54.6 Å². The molecule has 0 atom stereocenters. The van der Waals surface area contributed by atoms with Gasteiger partial charge in [-0.2, -0.15) is 0 Å². The van der Waals surface area contributed by atoms with E-state index in [-0.39, 0.29) is 17.1 Å². The number of carbonyl (C=O) groups is 2. The van der Waals surface area contributed by atoms with Crippen molar-refractivity contribution in [1.82, 2.24) is 0 Å². The number of carbonyl (C=O) groups excluding carboxylic acids is 2. The zero-order valence-electron chi connectivity index (χ0n) is 22.0. The van der Waals surface area contributed by atoms with Crippen molar-refractivity contribution in [2.24, 2.45) is 0 Å². The normalized spacial score (nSPS) is 13.6. The summed E-state index contributed by atoms with van der Waals surface area (Å²) in [4.78, 5) is 31.7. The lowest BCUT2D eigenvalue weighted by Crippen LogP contribution is -2.12. The highest BCUT2D eigenvalue weighted by Crippen LogP contribution is 2.41. The van der Waals surface area contributed by atoms with Crippen molar-refractivity contribution in [2.75, 3.05) is 4.90 Å². The first-order valence-electron chi connectivity index (χ1n) is 12.8. The minimum absolute atomic E-state index is 0.210. The van der Waals surface area contributed by atoms with Gasteiger partial charge >= 0.3 is 0 Å². The standard InChI is InChI=1S/C34H25NO2S3/c1-22(29-9-5-19-38-29)11-12-23(2)35(32-18-17-31(40-32)30-10-6-20-39-30)25-15-13-24(14-16-25)21-28-33(36)26-7-3-4-8-27(26)34(28)37/h3-21H,1-2H3/b22-11+,23-12+. The van der Waals surface area contributed by atoms with Crippen LogP contribution in [0, 0.1) is 0 Å². The van der Waals surface area contributed by atoms with E-state index < -0.39 is 0 Å². The number of fused-ring (bicyclic) bond motifs is 1. The summed E-state index contributed by atoms with van der Waals surface area (Å²) in [5.74, 6) is -0.421. The molecule has 0 fully saturated rings. The molecule has 0 amide bonds. The molecule has 0 spiro atoms. The second-order valence-corrected chi connectivity index (χ2v) is 12.4. The Labute approximate surface area is 245 Å². The summed E-state index contributed by atoms with van der Waals surface area (Å²) in [6.45, 7) is 4.25. The summed E-state index contributed by atoms with van der Waals surface area (Å²) in [5.41, 5.74) is 5.29. The molecule has 0 aliphatic heterocycles. The van der Waals surface area contributed by atoms with Gasteiger partial charge in [0.25, 0.3) is 0 Å². The number of ketones is 2. The molecule has 0 saturated heterocycles. The molecule has 0 unspecified atom stereocenters. The Hall–Kier alpha value is -4.10. The van der Waals surface area contributed by atoms with Crippen LogP contribution in [0.3, 0.4) is 0 Å². The molecule has 6 heteroatoms. The van der Waals surface area contributed by atoms with Crippen LogP contribution in [0.2, 0.25) is 0 Å². The number of nitrogens with zero attached hydrogens (tertiary/aromatic N) is 1. The van der Waals surface area contributed by atoms with Crippen LogP contribution < -0.4 is 4.90 Å². The van der Waals surface area contributed by atoms with E-state index in [1.54, 1.807) is 64.4 Å². The molecule has 5 aromatic rings. The van der Waals surface area contributed by atoms with E-state index in [2.05, 4.69) is 78.1 Å². The van der Waals surface area contributed by atoms with E-state index in [4.69, 9.17) is 0 Å². The van der Waals surface area contributed by atoms with Gasteiger partial charge in [0.15, 0.2) is 11.6 Å². The number of allylic oxidation sites excluding steroid dienone is 5. The van der Waals surface area contributed by atoms with Crippen LogP contribution in [0.25, 0.3) is 21.4 Å². The van der Waals surface area contributed by atoms with Gasteiger partial charge in [-0.25, -0.2) is 0 Å². The van der Waals surface area contributed by atoms with E-state index in [0.717, 1.165) is 21.9 Å². The molecule has 0 saturated carbocycles. The summed E-state index contributed by atoms with van der Waals surface area (Å²) in [7, 11) is 0. The maximum Gasteiger partial charge on any atom is 0.197 e. The van der Waals surface area contributed by atoms with Crippen molar-refractivity contribution >= 4 is 67.9 Å². The topological polar surface area (TPSA) is 37.4 Å². The third kappa shape index (κ3) is 5.09. The van der Waals surface area contributed by atoms with E-state index in [1.807, 2.05) is 24.3 Å². The van der Waals surface area contributed by atoms with Crippen LogP contribution in [0.5, 0.6) is 0 Å². The summed E-state index contributed by atoms with van der Waals surface area (Å²) in [5, 5.41) is 5.30. The van der Waals surface area contributed by atoms with Gasteiger partial charge < -0.3 is 4.90 Å². The maximum absolute atomic E-state index is 12.9. The summed E-state index contributed by atoms with van der Waals surface area (Å²) in [6, 6.07) is 27.8. The Kier molecular flexibility index (Phi) is 7.30. The van der Waals surface area contributed by atoms with Crippen molar-refractivity contribution in [3.63, 3.8) is 0 Å². The predicted molar refractivity (Wildman–Crippen MR) is 171 cm³/mol. The third-order valence-electron chi connectivity index (χ3n) is 6.78. The summed E-state index contributed by atoms with van der Waals surface area (Å²) >= 11 is 5.23. The first-order chi connectivity index (χ1) is 19.5. The molecule has 6 rings (SSSR count). The minimum atomic E-state index is -0.210. The lowest BCUT2D eigenvalue weighted by molar-refractivity contribution is 0.0990. The lowest BCUT2D eigenvalue weighted by Gasteiger charge is -2.24. The molecule has 3 aromatic heterocycles. The molecule has 0 radical (unpaired) electrons. The van der Waals surface area contributed by atoms with Gasteiger partial charge in [-0.15, -0.1) is 34.0 Å². The maximum atomic E-state index is 12.9. The van der Waals surface area contributed by atoms with E-state index in [1.165, 1.54) is 20.2 Å². The van der Waals surface area contributed by atoms with Gasteiger partial charge in [0, 0.05) is 37.1 Å². The van der Waals surface area contributed by atoms with Gasteiger partial charge in [0.2, 0.25) is 0 Å². The molecule has 2 aromatic carbocycles. The van der Waals surface area contributed by atoms with Crippen molar-refractivity contribution in [1.29, 1.82) is 0 Å². The number of hydrogen-bond donors (Lipinski definition) is 0. The fraction of sp³-hybridized carbons (Fsp3) is 0.0588. The van der Waals surface area contributed by atoms with Gasteiger partial charge in [0.05, 0.1) is 5.57 Å². The molecule has 3 heterocycles. The molecular formula is C34H25NO2S3. The van der Waals surface area contributed by atoms with E-state index in [0.29, 0.717) is 11.1 Å². The monoisotopic (exact) mass is 575 g/mol. The van der Waals surface area contributed by atoms with Crippen molar-refractivity contribution in [2.45, 2.75) is 13.8 Å². The van der Waals surface area contributed by atoms with E-state index in [9.17, 15) is 9.59 Å². The minimum Gasteiger partial charge on any atom is -0.306 e. The highest BCUT2D eigenvalue weighted by atomic mass is 32.1. The molecular weight excluding hydrogens is 551 g/mol. The smallest absolute Gasteiger partial charge is 0.197 e. The van der Waals surface area contributed by atoms with Gasteiger partial charge in [-0.05, 0) is 84.3 Å². The van der Waals surface area contributed by atoms with Crippen molar-refractivity contribution < 1.29 is 9.59 Å². The first-order valence-corrected chi connectivity index (χ1v) is 15.4. The highest BCUT2D eigenvalue weighted by Gasteiger charge is 2.32. The Balaban J connectivity index is 1.34. The first kappa shape index (κ1) is 26.1. The summed E-state index contributed by atoms with van der Waals surface area (Å²) < 4.78 is 0. The van der Waals surface area contributed by atoms with Crippen LogP contribution in [-0.4, -0.2) is 11.6 Å². The zero-order valence-corrected chi connectivity index (χ0v) is 24.4. The van der Waals surface area contributed by atoms with E-state index >= 15 is 0 Å². The molecule has 3 nitrogen and oxygen atoms in total. The highest BCUT2D eigenvalue weighted by molar-refractivity contribution is 7.23. The molecule has 1 aliphatic carbocycles.